The molecule has 16 rings (SSSR count). The average molecular weight is 1050 g/mol. The Morgan fingerprint density at radius 1 is 0.443 bits per heavy atom. The second-order valence-corrected chi connectivity index (χ2v) is 29.1. The van der Waals surface area contributed by atoms with Crippen LogP contribution in [0.25, 0.3) is 32.0 Å². The third-order valence-electron chi connectivity index (χ3n) is 21.1. The topological polar surface area (TPSA) is 22.9 Å². The monoisotopic (exact) mass is 1050 g/mol. The molecule has 0 fully saturated rings. The van der Waals surface area contributed by atoms with Gasteiger partial charge < -0.3 is 19.1 Å². The van der Waals surface area contributed by atoms with E-state index in [0.717, 1.165) is 64.0 Å². The van der Waals surface area contributed by atoms with Crippen LogP contribution in [-0.2, 0) is 32.5 Å². The minimum atomic E-state index is -0.0414. The van der Waals surface area contributed by atoms with Crippen molar-refractivity contribution in [3.63, 3.8) is 0 Å². The molecule has 4 nitrogen and oxygen atoms in total. The number of thiophene rings is 1. The van der Waals surface area contributed by atoms with Crippen LogP contribution in [0.2, 0.25) is 0 Å². The maximum absolute atomic E-state index is 7.16. The molecule has 2 unspecified atom stereocenters. The molecule has 8 aromatic carbocycles. The van der Waals surface area contributed by atoms with E-state index in [-0.39, 0.29) is 39.2 Å². The van der Waals surface area contributed by atoms with E-state index < -0.39 is 0 Å². The number of furan rings is 1. The lowest BCUT2D eigenvalue weighted by Gasteiger charge is -2.51. The molecule has 5 heterocycles. The van der Waals surface area contributed by atoms with Crippen molar-refractivity contribution in [3.8, 4) is 0 Å². The molecular weight excluding hydrogens is 978 g/mol. The molecule has 392 valence electrons. The Kier molecular flexibility index (Phi) is 9.63. The van der Waals surface area contributed by atoms with Crippen molar-refractivity contribution in [3.05, 3.63) is 191 Å². The molecule has 2 aromatic heterocycles. The van der Waals surface area contributed by atoms with Gasteiger partial charge in [-0.1, -0.05) is 148 Å². The van der Waals surface area contributed by atoms with Crippen LogP contribution < -0.4 is 30.4 Å². The first kappa shape index (κ1) is 47.9. The van der Waals surface area contributed by atoms with Gasteiger partial charge in [0.15, 0.2) is 5.58 Å². The first-order valence-corrected chi connectivity index (χ1v) is 30.2. The van der Waals surface area contributed by atoms with E-state index in [1.807, 2.05) is 0 Å². The van der Waals surface area contributed by atoms with Crippen LogP contribution in [0.15, 0.2) is 162 Å². The number of para-hydroxylation sites is 4. The maximum Gasteiger partial charge on any atom is 0.264 e. The van der Waals surface area contributed by atoms with Crippen LogP contribution in [0.5, 0.6) is 0 Å². The summed E-state index contributed by atoms with van der Waals surface area (Å²) >= 11 is 2.07. The maximum atomic E-state index is 7.16. The van der Waals surface area contributed by atoms with Gasteiger partial charge in [-0.25, -0.2) is 0 Å². The molecule has 2 atom stereocenters. The minimum absolute atomic E-state index is 0.000104. The van der Waals surface area contributed by atoms with Gasteiger partial charge >= 0.3 is 0 Å². The summed E-state index contributed by atoms with van der Waals surface area (Å²) < 4.78 is 10.0. The van der Waals surface area contributed by atoms with Gasteiger partial charge in [-0.05, 0) is 201 Å². The van der Waals surface area contributed by atoms with Gasteiger partial charge in [-0.15, -0.1) is 11.3 Å². The van der Waals surface area contributed by atoms with Crippen LogP contribution in [0.1, 0.15) is 148 Å². The number of anilines is 9. The Morgan fingerprint density at radius 3 is 1.70 bits per heavy atom. The highest BCUT2D eigenvalue weighted by Gasteiger charge is 2.52. The molecule has 3 aliphatic heterocycles. The standard InChI is InChI=1S/C73H70BN3OS/c1-68(2)32-34-72(9)43-73(10)35-33-71(7,8)54-42-63-50(39-56(54)73)65-67(79-63)74-57-40-52-53(70(5,6)31-30-69(52,3)4)41-59(57)77(58-26-19-25-49-48-24-17-18-27-62(48)78-66(49)58)61-38-47(75(44-20-13-11-14-21-44)45-22-15-12-16-23-45)37-60(64(61)74)76(65)46-28-29-51(68)55(72)36-46/h11-29,36-42H,30-35,43H2,1-10H3. The zero-order valence-corrected chi connectivity index (χ0v) is 48.5. The first-order valence-electron chi connectivity index (χ1n) is 29.4. The van der Waals surface area contributed by atoms with Crippen molar-refractivity contribution in [2.75, 3.05) is 14.7 Å². The van der Waals surface area contributed by atoms with Gasteiger partial charge in [0.1, 0.15) is 5.58 Å². The number of fused-ring (bicyclic) bond motifs is 10. The lowest BCUT2D eigenvalue weighted by Crippen LogP contribution is -2.61. The number of benzene rings is 8. The summed E-state index contributed by atoms with van der Waals surface area (Å²) in [6.45, 7) is 25.3. The molecular formula is C73H70BN3OS. The van der Waals surface area contributed by atoms with Crippen molar-refractivity contribution in [2.24, 2.45) is 0 Å². The van der Waals surface area contributed by atoms with Gasteiger partial charge in [-0.2, -0.15) is 0 Å². The number of rotatable bonds is 4. The summed E-state index contributed by atoms with van der Waals surface area (Å²) in [6.07, 6.45) is 8.15. The zero-order valence-electron chi connectivity index (χ0n) is 47.7. The van der Waals surface area contributed by atoms with Crippen molar-refractivity contribution < 1.29 is 4.42 Å². The third kappa shape index (κ3) is 6.61. The normalized spacial score (nSPS) is 22.1. The lowest BCUT2D eigenvalue weighted by atomic mass is 9.35. The van der Waals surface area contributed by atoms with Gasteiger partial charge in [-0.3, -0.25) is 0 Å². The van der Waals surface area contributed by atoms with E-state index in [1.165, 1.54) is 96.6 Å². The Hall–Kier alpha value is -7.02. The van der Waals surface area contributed by atoms with Crippen LogP contribution in [0.3, 0.4) is 0 Å². The van der Waals surface area contributed by atoms with E-state index in [0.29, 0.717) is 0 Å². The SMILES string of the molecule is CC1(C)CCC(C)(C)c2cc3c(cc21)B1c2sc4cc5c6cc4c2N(c2ccc4c(c2)C(C)(CCC4(C)C)CC6(C)CCC5(C)C)c2cc(N(c4ccccc4)c4ccccc4)cc(c21)N3c1cccc2c1oc1ccccc12. The van der Waals surface area contributed by atoms with Gasteiger partial charge in [0, 0.05) is 59.8 Å². The highest BCUT2D eigenvalue weighted by Crippen LogP contribution is 2.60. The molecule has 6 heteroatoms. The molecule has 0 spiro atoms. The van der Waals surface area contributed by atoms with Gasteiger partial charge in [0.05, 0.1) is 17.1 Å². The van der Waals surface area contributed by atoms with E-state index in [4.69, 9.17) is 4.42 Å². The van der Waals surface area contributed by atoms with Gasteiger partial charge in [0.2, 0.25) is 0 Å². The van der Waals surface area contributed by atoms with Gasteiger partial charge in [0.25, 0.3) is 6.71 Å². The second-order valence-electron chi connectivity index (χ2n) is 28.0. The summed E-state index contributed by atoms with van der Waals surface area (Å²) in [7, 11) is 0. The predicted octanol–water partition coefficient (Wildman–Crippen LogP) is 18.8. The summed E-state index contributed by atoms with van der Waals surface area (Å²) in [5.74, 6) is 0. The second kappa shape index (κ2) is 15.9. The van der Waals surface area contributed by atoms with E-state index in [9.17, 15) is 0 Å². The Labute approximate surface area is 471 Å². The fourth-order valence-corrected chi connectivity index (χ4v) is 17.8. The molecule has 0 N–H and O–H groups in total. The van der Waals surface area contributed by atoms with E-state index in [1.54, 1.807) is 16.7 Å². The smallest absolute Gasteiger partial charge is 0.264 e. The van der Waals surface area contributed by atoms with Crippen LogP contribution >= 0.6 is 11.3 Å². The molecule has 6 aliphatic rings. The minimum Gasteiger partial charge on any atom is -0.454 e. The van der Waals surface area contributed by atoms with Crippen molar-refractivity contribution in [1.29, 1.82) is 0 Å². The zero-order chi connectivity index (χ0) is 53.9. The van der Waals surface area contributed by atoms with Crippen LogP contribution in [0.4, 0.5) is 51.2 Å². The number of hydrogen-bond donors (Lipinski definition) is 0. The number of nitrogens with zero attached hydrogens (tertiary/aromatic N) is 3. The Balaban J connectivity index is 1.10. The van der Waals surface area contributed by atoms with Crippen molar-refractivity contribution in [2.45, 2.75) is 147 Å². The molecule has 0 saturated heterocycles. The van der Waals surface area contributed by atoms with Crippen LogP contribution in [-0.4, -0.2) is 6.71 Å². The largest absolute Gasteiger partial charge is 0.454 e. The molecule has 0 radical (unpaired) electrons. The molecule has 3 aliphatic carbocycles. The summed E-state index contributed by atoms with van der Waals surface area (Å²) in [4.78, 5) is 7.90. The summed E-state index contributed by atoms with van der Waals surface area (Å²) in [6, 6.07) is 61.1. The summed E-state index contributed by atoms with van der Waals surface area (Å²) in [5, 5.41) is 3.67. The number of hydrogen-bond acceptors (Lipinski definition) is 5. The third-order valence-corrected chi connectivity index (χ3v) is 22.3. The average Bonchev–Trinajstić information content (AvgIpc) is 4.27. The van der Waals surface area contributed by atoms with E-state index in [2.05, 4.69) is 253 Å². The van der Waals surface area contributed by atoms with Crippen molar-refractivity contribution >= 4 is 117 Å². The molecule has 4 bridgehead atoms. The fraction of sp³-hybridized carbons (Fsp3) is 0.315. The molecule has 10 aromatic rings. The fourth-order valence-electron chi connectivity index (χ4n) is 16.5. The molecule has 0 saturated carbocycles. The predicted molar refractivity (Wildman–Crippen MR) is 337 cm³/mol. The Morgan fingerprint density at radius 2 is 1.01 bits per heavy atom. The van der Waals surface area contributed by atoms with Crippen molar-refractivity contribution in [1.82, 2.24) is 0 Å². The highest BCUT2D eigenvalue weighted by molar-refractivity contribution is 7.33. The van der Waals surface area contributed by atoms with Crippen LogP contribution in [0, 0.1) is 0 Å². The summed E-state index contributed by atoms with van der Waals surface area (Å²) in [5.41, 5.74) is 24.5. The quantitative estimate of drug-likeness (QED) is 0.164. The van der Waals surface area contributed by atoms with E-state index >= 15 is 0 Å². The molecule has 79 heavy (non-hydrogen) atoms. The lowest BCUT2D eigenvalue weighted by molar-refractivity contribution is 0.208. The highest BCUT2D eigenvalue weighted by atomic mass is 32.1. The Bertz CT molecular complexity index is 4220. The molecule has 0 amide bonds. The first-order chi connectivity index (χ1) is 37.8.